The number of nitrogens with one attached hydrogen (secondary N) is 1. The van der Waals surface area contributed by atoms with E-state index in [4.69, 9.17) is 0 Å². The number of amides is 3. The molecule has 3 amide bonds. The Labute approximate surface area is 159 Å². The lowest BCUT2D eigenvalue weighted by atomic mass is 10.1. The molecule has 0 atom stereocenters. The van der Waals surface area contributed by atoms with Crippen LogP contribution in [0.25, 0.3) is 0 Å². The molecule has 2 aliphatic heterocycles. The van der Waals surface area contributed by atoms with Gasteiger partial charge in [-0.3, -0.25) is 14.4 Å². The van der Waals surface area contributed by atoms with Crippen molar-refractivity contribution in [3.63, 3.8) is 0 Å². The average molecular weight is 378 g/mol. The normalized spacial score (nSPS) is 18.3. The van der Waals surface area contributed by atoms with Gasteiger partial charge < -0.3 is 5.32 Å². The minimum Gasteiger partial charge on any atom is -0.303 e. The summed E-state index contributed by atoms with van der Waals surface area (Å²) in [7, 11) is 0. The van der Waals surface area contributed by atoms with Crippen molar-refractivity contribution in [3.8, 4) is 0 Å². The largest absolute Gasteiger partial charge is 0.303 e. The van der Waals surface area contributed by atoms with Crippen LogP contribution in [0.1, 0.15) is 33.2 Å². The SMILES string of the molecule is CC(=N/N=C1\NC(=O)CS1)c1ccc(N2C(=O)c3ccccc3C2=O)cc1. The quantitative estimate of drug-likeness (QED) is 0.504. The minimum absolute atomic E-state index is 0.0862. The number of carbonyl (C=O) groups is 3. The standard InChI is InChI=1S/C19H14N4O3S/c1-11(21-22-19-20-16(24)10-27-19)12-6-8-13(9-7-12)23-17(25)14-4-2-3-5-15(14)18(23)26/h2-9H,10H2,1H3,(H,20,22,24). The van der Waals surface area contributed by atoms with E-state index in [9.17, 15) is 14.4 Å². The number of thioether (sulfide) groups is 1. The van der Waals surface area contributed by atoms with E-state index in [0.717, 1.165) is 5.56 Å². The van der Waals surface area contributed by atoms with Gasteiger partial charge in [-0.2, -0.15) is 5.10 Å². The molecule has 0 unspecified atom stereocenters. The second kappa shape index (κ2) is 6.81. The molecule has 2 heterocycles. The third-order valence-corrected chi connectivity index (χ3v) is 5.08. The number of hydrogen-bond acceptors (Lipinski definition) is 6. The minimum atomic E-state index is -0.325. The number of rotatable bonds is 3. The zero-order valence-electron chi connectivity index (χ0n) is 14.3. The third kappa shape index (κ3) is 3.15. The fraction of sp³-hybridized carbons (Fsp3) is 0.105. The van der Waals surface area contributed by atoms with Gasteiger partial charge in [0, 0.05) is 0 Å². The molecule has 2 aromatic rings. The monoisotopic (exact) mass is 378 g/mol. The van der Waals surface area contributed by atoms with Gasteiger partial charge in [0.1, 0.15) is 0 Å². The van der Waals surface area contributed by atoms with Crippen molar-refractivity contribution in [1.82, 2.24) is 5.32 Å². The van der Waals surface area contributed by atoms with E-state index >= 15 is 0 Å². The molecule has 0 spiro atoms. The molecular formula is C19H14N4O3S. The van der Waals surface area contributed by atoms with E-state index in [1.54, 1.807) is 55.5 Å². The maximum absolute atomic E-state index is 12.5. The third-order valence-electron chi connectivity index (χ3n) is 4.21. The van der Waals surface area contributed by atoms with Gasteiger partial charge in [-0.1, -0.05) is 36.0 Å². The van der Waals surface area contributed by atoms with Crippen LogP contribution in [0.15, 0.2) is 58.7 Å². The van der Waals surface area contributed by atoms with Gasteiger partial charge in [0.05, 0.1) is 28.3 Å². The van der Waals surface area contributed by atoms with Crippen molar-refractivity contribution in [2.45, 2.75) is 6.92 Å². The van der Waals surface area contributed by atoms with Crippen LogP contribution in [0.3, 0.4) is 0 Å². The van der Waals surface area contributed by atoms with Crippen LogP contribution in [0.4, 0.5) is 5.69 Å². The van der Waals surface area contributed by atoms with Gasteiger partial charge >= 0.3 is 0 Å². The molecule has 2 aromatic carbocycles. The average Bonchev–Trinajstić information content (AvgIpc) is 3.22. The first-order chi connectivity index (χ1) is 13.0. The zero-order chi connectivity index (χ0) is 19.0. The van der Waals surface area contributed by atoms with Crippen LogP contribution in [-0.4, -0.2) is 34.4 Å². The molecule has 2 aliphatic rings. The lowest BCUT2D eigenvalue weighted by Gasteiger charge is -2.14. The van der Waals surface area contributed by atoms with Gasteiger partial charge in [0.2, 0.25) is 5.91 Å². The predicted octanol–water partition coefficient (Wildman–Crippen LogP) is 2.43. The molecule has 1 N–H and O–H groups in total. The molecule has 134 valence electrons. The van der Waals surface area contributed by atoms with Crippen LogP contribution < -0.4 is 10.2 Å². The summed E-state index contributed by atoms with van der Waals surface area (Å²) in [5, 5.41) is 11.2. The van der Waals surface area contributed by atoms with Crippen LogP contribution in [-0.2, 0) is 4.79 Å². The van der Waals surface area contributed by atoms with Crippen LogP contribution in [0.2, 0.25) is 0 Å². The number of benzene rings is 2. The molecule has 4 rings (SSSR count). The molecule has 27 heavy (non-hydrogen) atoms. The highest BCUT2D eigenvalue weighted by molar-refractivity contribution is 8.15. The van der Waals surface area contributed by atoms with Crippen molar-refractivity contribution in [2.75, 3.05) is 10.7 Å². The van der Waals surface area contributed by atoms with E-state index in [1.807, 2.05) is 0 Å². The summed E-state index contributed by atoms with van der Waals surface area (Å²) in [6, 6.07) is 13.7. The molecule has 8 heteroatoms. The highest BCUT2D eigenvalue weighted by Gasteiger charge is 2.36. The smallest absolute Gasteiger partial charge is 0.266 e. The molecule has 0 aliphatic carbocycles. The van der Waals surface area contributed by atoms with Gasteiger partial charge in [0.25, 0.3) is 11.8 Å². The first-order valence-corrected chi connectivity index (χ1v) is 9.16. The Bertz CT molecular complexity index is 993. The number of anilines is 1. The topological polar surface area (TPSA) is 91.2 Å². The summed E-state index contributed by atoms with van der Waals surface area (Å²) in [6.45, 7) is 1.79. The van der Waals surface area contributed by atoms with Crippen molar-refractivity contribution >= 4 is 46.1 Å². The maximum atomic E-state index is 12.5. The van der Waals surface area contributed by atoms with Crippen LogP contribution >= 0.6 is 11.8 Å². The molecule has 1 fully saturated rings. The molecule has 0 bridgehead atoms. The Morgan fingerprint density at radius 3 is 2.19 bits per heavy atom. The van der Waals surface area contributed by atoms with Gasteiger partial charge in [0.15, 0.2) is 5.17 Å². The lowest BCUT2D eigenvalue weighted by molar-refractivity contribution is -0.116. The van der Waals surface area contributed by atoms with Crippen molar-refractivity contribution in [3.05, 3.63) is 65.2 Å². The summed E-state index contributed by atoms with van der Waals surface area (Å²) in [5.41, 5.74) is 2.78. The zero-order valence-corrected chi connectivity index (χ0v) is 15.1. The first-order valence-electron chi connectivity index (χ1n) is 8.18. The van der Waals surface area contributed by atoms with Gasteiger partial charge in [-0.05, 0) is 36.8 Å². The molecule has 0 saturated carbocycles. The van der Waals surface area contributed by atoms with E-state index < -0.39 is 0 Å². The summed E-state index contributed by atoms with van der Waals surface area (Å²) in [4.78, 5) is 37.4. The second-order valence-corrected chi connectivity index (χ2v) is 6.93. The van der Waals surface area contributed by atoms with Gasteiger partial charge in [-0.15, -0.1) is 5.10 Å². The lowest BCUT2D eigenvalue weighted by Crippen LogP contribution is -2.29. The molecule has 7 nitrogen and oxygen atoms in total. The number of amidine groups is 1. The van der Waals surface area contributed by atoms with E-state index in [1.165, 1.54) is 16.7 Å². The molecular weight excluding hydrogens is 364 g/mol. The highest BCUT2D eigenvalue weighted by atomic mass is 32.2. The number of imide groups is 1. The Balaban J connectivity index is 1.56. The summed E-state index contributed by atoms with van der Waals surface area (Å²) in [6.07, 6.45) is 0. The number of hydrogen-bond donors (Lipinski definition) is 1. The van der Waals surface area contributed by atoms with Crippen molar-refractivity contribution in [1.29, 1.82) is 0 Å². The van der Waals surface area contributed by atoms with Crippen molar-refractivity contribution < 1.29 is 14.4 Å². The van der Waals surface area contributed by atoms with E-state index in [2.05, 4.69) is 15.5 Å². The summed E-state index contributed by atoms with van der Waals surface area (Å²) < 4.78 is 0. The Kier molecular flexibility index (Phi) is 4.33. The highest BCUT2D eigenvalue weighted by Crippen LogP contribution is 2.28. The molecule has 0 radical (unpaired) electrons. The fourth-order valence-corrected chi connectivity index (χ4v) is 3.46. The number of nitrogens with zero attached hydrogens (tertiary/aromatic N) is 3. The predicted molar refractivity (Wildman–Crippen MR) is 104 cm³/mol. The Hall–Kier alpha value is -3.26. The second-order valence-electron chi connectivity index (χ2n) is 5.97. The fourth-order valence-electron chi connectivity index (χ4n) is 2.83. The molecule has 0 aromatic heterocycles. The van der Waals surface area contributed by atoms with Gasteiger partial charge in [-0.25, -0.2) is 4.90 Å². The summed E-state index contributed by atoms with van der Waals surface area (Å²) >= 11 is 1.30. The van der Waals surface area contributed by atoms with E-state index in [0.29, 0.717) is 33.4 Å². The summed E-state index contributed by atoms with van der Waals surface area (Å²) in [5.74, 6) is -0.386. The van der Waals surface area contributed by atoms with Crippen molar-refractivity contribution in [2.24, 2.45) is 10.2 Å². The van der Waals surface area contributed by atoms with E-state index in [-0.39, 0.29) is 17.7 Å². The first kappa shape index (κ1) is 17.2. The number of carbonyl (C=O) groups excluding carboxylic acids is 3. The Morgan fingerprint density at radius 1 is 1.00 bits per heavy atom. The van der Waals surface area contributed by atoms with Crippen LogP contribution in [0.5, 0.6) is 0 Å². The Morgan fingerprint density at radius 2 is 1.63 bits per heavy atom. The maximum Gasteiger partial charge on any atom is 0.266 e. The van der Waals surface area contributed by atoms with Crippen LogP contribution in [0, 0.1) is 0 Å². The number of fused-ring (bicyclic) bond motifs is 1. The molecule has 1 saturated heterocycles.